The fourth-order valence-corrected chi connectivity index (χ4v) is 3.45. The van der Waals surface area contributed by atoms with E-state index >= 15 is 0 Å². The predicted octanol–water partition coefficient (Wildman–Crippen LogP) is 3.72. The topological polar surface area (TPSA) is 85.1 Å². The summed E-state index contributed by atoms with van der Waals surface area (Å²) < 4.78 is 0. The Hall–Kier alpha value is -2.99. The molecule has 0 radical (unpaired) electrons. The molecular weight excluding hydrogens is 358 g/mol. The second-order valence-electron chi connectivity index (χ2n) is 6.86. The van der Waals surface area contributed by atoms with E-state index in [4.69, 9.17) is 10.7 Å². The number of hydrogen-bond donors (Lipinski definition) is 2. The van der Waals surface area contributed by atoms with Crippen LogP contribution in [0.15, 0.2) is 60.7 Å². The molecule has 3 N–H and O–H groups in total. The van der Waals surface area contributed by atoms with Crippen molar-refractivity contribution in [2.24, 2.45) is 11.1 Å². The predicted molar refractivity (Wildman–Crippen MR) is 108 cm³/mol. The molecule has 0 aliphatic rings. The van der Waals surface area contributed by atoms with E-state index in [9.17, 15) is 9.59 Å². The van der Waals surface area contributed by atoms with Crippen molar-refractivity contribution in [1.82, 2.24) is 10.3 Å². The molecule has 5 nitrogen and oxygen atoms in total. The summed E-state index contributed by atoms with van der Waals surface area (Å²) in [7, 11) is 0. The Bertz CT molecular complexity index is 950. The fourth-order valence-electron chi connectivity index (χ4n) is 2.44. The van der Waals surface area contributed by atoms with Gasteiger partial charge in [0.1, 0.15) is 9.88 Å². The lowest BCUT2D eigenvalue weighted by molar-refractivity contribution is -0.125. The minimum absolute atomic E-state index is 0.161. The van der Waals surface area contributed by atoms with Gasteiger partial charge in [-0.25, -0.2) is 4.98 Å². The summed E-state index contributed by atoms with van der Waals surface area (Å²) in [4.78, 5) is 29.6. The van der Waals surface area contributed by atoms with Gasteiger partial charge in [0.25, 0.3) is 5.91 Å². The van der Waals surface area contributed by atoms with E-state index in [1.807, 2.05) is 60.7 Å². The molecule has 27 heavy (non-hydrogen) atoms. The van der Waals surface area contributed by atoms with Crippen molar-refractivity contribution in [3.8, 4) is 21.8 Å². The molecule has 6 heteroatoms. The Labute approximate surface area is 162 Å². The summed E-state index contributed by atoms with van der Waals surface area (Å²) in [6.45, 7) is 3.57. The molecule has 3 rings (SSSR count). The molecule has 0 unspecified atom stereocenters. The molecule has 0 saturated carbocycles. The third-order valence-electron chi connectivity index (χ3n) is 4.26. The molecule has 0 fully saturated rings. The van der Waals surface area contributed by atoms with Gasteiger partial charge in [-0.3, -0.25) is 9.59 Å². The van der Waals surface area contributed by atoms with Crippen LogP contribution in [0, 0.1) is 5.41 Å². The maximum absolute atomic E-state index is 12.9. The molecule has 2 amide bonds. The number of benzene rings is 2. The summed E-state index contributed by atoms with van der Waals surface area (Å²) in [5.74, 6) is -0.719. The van der Waals surface area contributed by atoms with Gasteiger partial charge in [0.15, 0.2) is 0 Å². The lowest BCUT2D eigenvalue weighted by Gasteiger charge is -2.20. The smallest absolute Gasteiger partial charge is 0.263 e. The molecular formula is C21H21N3O2S. The van der Waals surface area contributed by atoms with Crippen LogP contribution in [0.2, 0.25) is 0 Å². The van der Waals surface area contributed by atoms with Crippen LogP contribution in [0.3, 0.4) is 0 Å². The summed E-state index contributed by atoms with van der Waals surface area (Å²) in [6.07, 6.45) is 0. The minimum Gasteiger partial charge on any atom is -0.369 e. The second-order valence-corrected chi connectivity index (χ2v) is 7.86. The van der Waals surface area contributed by atoms with Crippen molar-refractivity contribution in [3.05, 3.63) is 65.5 Å². The van der Waals surface area contributed by atoms with Gasteiger partial charge in [-0.1, -0.05) is 60.7 Å². The van der Waals surface area contributed by atoms with Crippen LogP contribution in [0.1, 0.15) is 23.5 Å². The molecule has 1 heterocycles. The minimum atomic E-state index is -0.824. The van der Waals surface area contributed by atoms with Crippen molar-refractivity contribution in [2.75, 3.05) is 6.54 Å². The number of rotatable bonds is 6. The van der Waals surface area contributed by atoms with Crippen LogP contribution in [0.25, 0.3) is 21.8 Å². The highest BCUT2D eigenvalue weighted by atomic mass is 32.1. The number of thiazole rings is 1. The van der Waals surface area contributed by atoms with E-state index in [1.54, 1.807) is 13.8 Å². The van der Waals surface area contributed by atoms with Crippen molar-refractivity contribution < 1.29 is 9.59 Å². The summed E-state index contributed by atoms with van der Waals surface area (Å²) in [6, 6.07) is 19.3. The number of carbonyl (C=O) groups excluding carboxylic acids is 2. The largest absolute Gasteiger partial charge is 0.369 e. The van der Waals surface area contributed by atoms with Crippen molar-refractivity contribution in [2.45, 2.75) is 13.8 Å². The van der Waals surface area contributed by atoms with Gasteiger partial charge < -0.3 is 11.1 Å². The van der Waals surface area contributed by atoms with Gasteiger partial charge >= 0.3 is 0 Å². The van der Waals surface area contributed by atoms with Crippen molar-refractivity contribution in [1.29, 1.82) is 0 Å². The summed E-state index contributed by atoms with van der Waals surface area (Å²) in [5, 5.41) is 3.60. The van der Waals surface area contributed by atoms with E-state index in [-0.39, 0.29) is 12.5 Å². The first-order valence-corrected chi connectivity index (χ1v) is 9.40. The molecule has 0 aliphatic carbocycles. The number of aromatic nitrogens is 1. The summed E-state index contributed by atoms with van der Waals surface area (Å²) >= 11 is 1.34. The number of nitrogens with zero attached hydrogens (tertiary/aromatic N) is 1. The molecule has 2 aromatic carbocycles. The Morgan fingerprint density at radius 2 is 1.56 bits per heavy atom. The first kappa shape index (κ1) is 18.8. The molecule has 0 spiro atoms. The van der Waals surface area contributed by atoms with Crippen molar-refractivity contribution >= 4 is 23.2 Å². The highest BCUT2D eigenvalue weighted by molar-refractivity contribution is 7.17. The van der Waals surface area contributed by atoms with E-state index in [1.165, 1.54) is 11.3 Å². The lowest BCUT2D eigenvalue weighted by atomic mass is 9.93. The van der Waals surface area contributed by atoms with Gasteiger partial charge in [-0.2, -0.15) is 0 Å². The maximum atomic E-state index is 12.9. The van der Waals surface area contributed by atoms with E-state index in [0.717, 1.165) is 16.1 Å². The highest BCUT2D eigenvalue weighted by Gasteiger charge is 2.27. The zero-order chi connectivity index (χ0) is 19.4. The van der Waals surface area contributed by atoms with Gasteiger partial charge in [0.05, 0.1) is 11.1 Å². The third kappa shape index (κ3) is 4.23. The average molecular weight is 379 g/mol. The second kappa shape index (κ2) is 7.72. The van der Waals surface area contributed by atoms with Gasteiger partial charge in [0.2, 0.25) is 5.91 Å². The van der Waals surface area contributed by atoms with Gasteiger partial charge in [-0.15, -0.1) is 11.3 Å². The van der Waals surface area contributed by atoms with Crippen LogP contribution >= 0.6 is 11.3 Å². The first-order valence-electron chi connectivity index (χ1n) is 8.58. The standard InChI is InChI=1S/C21H21N3O2S/c1-21(2,20(22)26)13-23-18(25)17-16(14-9-5-3-6-10-14)24-19(27-17)15-11-7-4-8-12-15/h3-12H,13H2,1-2H3,(H2,22,26)(H,23,25). The van der Waals surface area contributed by atoms with E-state index in [0.29, 0.717) is 10.6 Å². The van der Waals surface area contributed by atoms with E-state index < -0.39 is 11.3 Å². The SMILES string of the molecule is CC(C)(CNC(=O)c1sc(-c2ccccc2)nc1-c1ccccc1)C(N)=O. The quantitative estimate of drug-likeness (QED) is 0.684. The monoisotopic (exact) mass is 379 g/mol. The lowest BCUT2D eigenvalue weighted by Crippen LogP contribution is -2.42. The number of nitrogens with two attached hydrogens (primary N) is 1. The number of carbonyl (C=O) groups is 2. The molecule has 0 bridgehead atoms. The Morgan fingerprint density at radius 3 is 2.11 bits per heavy atom. The Morgan fingerprint density at radius 1 is 1.00 bits per heavy atom. The van der Waals surface area contributed by atoms with Crippen LogP contribution in [-0.4, -0.2) is 23.3 Å². The normalized spacial score (nSPS) is 11.2. The molecule has 0 atom stereocenters. The number of amides is 2. The van der Waals surface area contributed by atoms with Gasteiger partial charge in [-0.05, 0) is 13.8 Å². The Balaban J connectivity index is 1.96. The highest BCUT2D eigenvalue weighted by Crippen LogP contribution is 2.33. The fraction of sp³-hybridized carbons (Fsp3) is 0.190. The van der Waals surface area contributed by atoms with Crippen LogP contribution < -0.4 is 11.1 Å². The molecule has 0 saturated heterocycles. The number of hydrogen-bond acceptors (Lipinski definition) is 4. The van der Waals surface area contributed by atoms with Crippen LogP contribution in [-0.2, 0) is 4.79 Å². The molecule has 138 valence electrons. The molecule has 0 aliphatic heterocycles. The van der Waals surface area contributed by atoms with Crippen LogP contribution in [0.5, 0.6) is 0 Å². The Kier molecular flexibility index (Phi) is 5.37. The first-order chi connectivity index (χ1) is 12.9. The number of nitrogens with one attached hydrogen (secondary N) is 1. The van der Waals surface area contributed by atoms with Crippen molar-refractivity contribution in [3.63, 3.8) is 0 Å². The van der Waals surface area contributed by atoms with E-state index in [2.05, 4.69) is 5.32 Å². The zero-order valence-electron chi connectivity index (χ0n) is 15.2. The molecule has 1 aromatic heterocycles. The zero-order valence-corrected chi connectivity index (χ0v) is 16.0. The third-order valence-corrected chi connectivity index (χ3v) is 5.36. The number of primary amides is 1. The maximum Gasteiger partial charge on any atom is 0.263 e. The van der Waals surface area contributed by atoms with Crippen LogP contribution in [0.4, 0.5) is 0 Å². The van der Waals surface area contributed by atoms with Gasteiger partial charge in [0, 0.05) is 17.7 Å². The average Bonchev–Trinajstić information content (AvgIpc) is 3.13. The molecule has 3 aromatic rings. The summed E-state index contributed by atoms with van der Waals surface area (Å²) in [5.41, 5.74) is 7.03.